The molecule has 0 spiro atoms. The number of nitrogens with zero attached hydrogens (tertiary/aromatic N) is 2. The van der Waals surface area contributed by atoms with Gasteiger partial charge in [0.15, 0.2) is 5.96 Å². The van der Waals surface area contributed by atoms with Gasteiger partial charge in [0.25, 0.3) is 0 Å². The van der Waals surface area contributed by atoms with Crippen LogP contribution in [0.2, 0.25) is 0 Å². The second kappa shape index (κ2) is 9.00. The Morgan fingerprint density at radius 2 is 1.92 bits per heavy atom. The predicted molar refractivity (Wildman–Crippen MR) is 108 cm³/mol. The minimum absolute atomic E-state index is 0. The van der Waals surface area contributed by atoms with Crippen molar-refractivity contribution in [2.75, 3.05) is 33.2 Å². The molecule has 1 aromatic rings. The summed E-state index contributed by atoms with van der Waals surface area (Å²) in [7, 11) is -1.69. The van der Waals surface area contributed by atoms with Crippen molar-refractivity contribution in [3.8, 4) is 0 Å². The molecule has 1 fully saturated rings. The molecule has 2 rings (SSSR count). The first kappa shape index (κ1) is 21.2. The fourth-order valence-electron chi connectivity index (χ4n) is 2.67. The summed E-state index contributed by atoms with van der Waals surface area (Å²) >= 11 is 0. The molecular weight excluding hydrogens is 439 g/mol. The normalized spacial score (nSPS) is 17.5. The topological polar surface area (TPSA) is 73.8 Å². The van der Waals surface area contributed by atoms with Gasteiger partial charge >= 0.3 is 0 Å². The highest BCUT2D eigenvalue weighted by molar-refractivity contribution is 14.0. The van der Waals surface area contributed by atoms with Gasteiger partial charge in [-0.15, -0.1) is 24.0 Å². The maximum atomic E-state index is 12.1. The molecule has 6 nitrogen and oxygen atoms in total. The van der Waals surface area contributed by atoms with E-state index in [2.05, 4.69) is 33.8 Å². The Hall–Kier alpha value is -0.870. The van der Waals surface area contributed by atoms with Crippen LogP contribution in [0.15, 0.2) is 40.2 Å². The van der Waals surface area contributed by atoms with Crippen molar-refractivity contribution in [2.24, 2.45) is 10.4 Å². The molecule has 0 aliphatic carbocycles. The number of halogens is 1. The Morgan fingerprint density at radius 1 is 1.25 bits per heavy atom. The van der Waals surface area contributed by atoms with Crippen LogP contribution < -0.4 is 10.0 Å². The zero-order valence-corrected chi connectivity index (χ0v) is 17.6. The van der Waals surface area contributed by atoms with Gasteiger partial charge in [-0.05, 0) is 24.0 Å². The van der Waals surface area contributed by atoms with Gasteiger partial charge in [-0.1, -0.05) is 32.0 Å². The highest BCUT2D eigenvalue weighted by Gasteiger charge is 2.30. The number of hydrogen-bond acceptors (Lipinski definition) is 3. The van der Waals surface area contributed by atoms with Gasteiger partial charge in [0.05, 0.1) is 4.90 Å². The van der Waals surface area contributed by atoms with Crippen LogP contribution in [0.4, 0.5) is 0 Å². The molecule has 1 aromatic carbocycles. The molecule has 0 aromatic heterocycles. The number of hydrogen-bond donors (Lipinski definition) is 2. The molecule has 0 atom stereocenters. The van der Waals surface area contributed by atoms with Crippen molar-refractivity contribution in [3.05, 3.63) is 30.3 Å². The molecule has 1 heterocycles. The van der Waals surface area contributed by atoms with Gasteiger partial charge in [0.2, 0.25) is 10.0 Å². The first-order chi connectivity index (χ1) is 10.8. The summed E-state index contributed by atoms with van der Waals surface area (Å²) in [5, 5.41) is 3.22. The molecule has 0 amide bonds. The SMILES string of the molecule is CN=C(NCCNS(=O)(=O)c1ccccc1)N1CCC(C)(C)C1.I. The molecule has 0 bridgehead atoms. The monoisotopic (exact) mass is 466 g/mol. The Balaban J connectivity index is 0.00000288. The van der Waals surface area contributed by atoms with Gasteiger partial charge in [-0.3, -0.25) is 4.99 Å². The highest BCUT2D eigenvalue weighted by atomic mass is 127. The van der Waals surface area contributed by atoms with Crippen molar-refractivity contribution in [1.82, 2.24) is 14.9 Å². The van der Waals surface area contributed by atoms with E-state index in [1.807, 2.05) is 0 Å². The number of aliphatic imine (C=N–C) groups is 1. The molecule has 2 N–H and O–H groups in total. The second-order valence-electron chi connectivity index (χ2n) is 6.52. The van der Waals surface area contributed by atoms with Crippen LogP contribution in [0, 0.1) is 5.41 Å². The van der Waals surface area contributed by atoms with Crippen LogP contribution >= 0.6 is 24.0 Å². The van der Waals surface area contributed by atoms with E-state index in [-0.39, 0.29) is 28.9 Å². The molecule has 0 saturated carbocycles. The maximum absolute atomic E-state index is 12.1. The molecule has 1 aliphatic rings. The zero-order chi connectivity index (χ0) is 16.9. The van der Waals surface area contributed by atoms with Gasteiger partial charge in [0.1, 0.15) is 0 Å². The summed E-state index contributed by atoms with van der Waals surface area (Å²) in [6.07, 6.45) is 1.13. The number of rotatable bonds is 5. The third-order valence-corrected chi connectivity index (χ3v) is 5.42. The van der Waals surface area contributed by atoms with Crippen LogP contribution in [-0.2, 0) is 10.0 Å². The van der Waals surface area contributed by atoms with Gasteiger partial charge < -0.3 is 10.2 Å². The summed E-state index contributed by atoms with van der Waals surface area (Å²) in [5.74, 6) is 0.828. The molecule has 8 heteroatoms. The van der Waals surface area contributed by atoms with Crippen LogP contribution in [0.3, 0.4) is 0 Å². The zero-order valence-electron chi connectivity index (χ0n) is 14.4. The van der Waals surface area contributed by atoms with Gasteiger partial charge in [0, 0.05) is 33.2 Å². The van der Waals surface area contributed by atoms with Crippen LogP contribution in [0.5, 0.6) is 0 Å². The van der Waals surface area contributed by atoms with Crippen molar-refractivity contribution in [2.45, 2.75) is 25.2 Å². The van der Waals surface area contributed by atoms with Gasteiger partial charge in [-0.25, -0.2) is 13.1 Å². The third kappa shape index (κ3) is 5.89. The first-order valence-corrected chi connectivity index (χ1v) is 9.33. The number of nitrogens with one attached hydrogen (secondary N) is 2. The van der Waals surface area contributed by atoms with Crippen molar-refractivity contribution in [1.29, 1.82) is 0 Å². The maximum Gasteiger partial charge on any atom is 0.240 e. The standard InChI is InChI=1S/C16H26N4O2S.HI/c1-16(2)9-12-20(13-16)15(17-3)18-10-11-19-23(21,22)14-7-5-4-6-8-14;/h4-8,19H,9-13H2,1-3H3,(H,17,18);1H. The largest absolute Gasteiger partial charge is 0.355 e. The summed E-state index contributed by atoms with van der Waals surface area (Å²) in [6.45, 7) is 7.23. The van der Waals surface area contributed by atoms with Gasteiger partial charge in [-0.2, -0.15) is 0 Å². The van der Waals surface area contributed by atoms with E-state index in [0.717, 1.165) is 25.5 Å². The molecule has 0 radical (unpaired) electrons. The molecule has 24 heavy (non-hydrogen) atoms. The minimum Gasteiger partial charge on any atom is -0.355 e. The summed E-state index contributed by atoms with van der Waals surface area (Å²) in [6, 6.07) is 8.39. The highest BCUT2D eigenvalue weighted by Crippen LogP contribution is 2.28. The van der Waals surface area contributed by atoms with E-state index >= 15 is 0 Å². The number of benzene rings is 1. The molecule has 1 aliphatic heterocycles. The lowest BCUT2D eigenvalue weighted by Gasteiger charge is -2.23. The molecule has 1 saturated heterocycles. The van der Waals surface area contributed by atoms with Crippen LogP contribution in [0.25, 0.3) is 0 Å². The number of sulfonamides is 1. The summed E-state index contributed by atoms with van der Waals surface area (Å²) in [5.41, 5.74) is 0.298. The Kier molecular flexibility index (Phi) is 7.94. The lowest BCUT2D eigenvalue weighted by atomic mass is 9.93. The third-order valence-electron chi connectivity index (χ3n) is 3.94. The average Bonchev–Trinajstić information content (AvgIpc) is 2.88. The molecule has 0 unspecified atom stereocenters. The molecule has 136 valence electrons. The Labute approximate surface area is 162 Å². The van der Waals surface area contributed by atoms with Crippen molar-refractivity contribution < 1.29 is 8.42 Å². The van der Waals surface area contributed by atoms with Crippen molar-refractivity contribution >= 4 is 40.0 Å². The smallest absolute Gasteiger partial charge is 0.240 e. The average molecular weight is 466 g/mol. The van der Waals surface area contributed by atoms with E-state index in [1.54, 1.807) is 37.4 Å². The summed E-state index contributed by atoms with van der Waals surface area (Å²) in [4.78, 5) is 6.78. The lowest BCUT2D eigenvalue weighted by Crippen LogP contribution is -2.43. The van der Waals surface area contributed by atoms with E-state index in [4.69, 9.17) is 0 Å². The minimum atomic E-state index is -3.45. The Morgan fingerprint density at radius 3 is 2.46 bits per heavy atom. The first-order valence-electron chi connectivity index (χ1n) is 7.84. The fraction of sp³-hybridized carbons (Fsp3) is 0.562. The fourth-order valence-corrected chi connectivity index (χ4v) is 3.72. The van der Waals surface area contributed by atoms with Crippen LogP contribution in [0.1, 0.15) is 20.3 Å². The van der Waals surface area contributed by atoms with E-state index in [9.17, 15) is 8.42 Å². The lowest BCUT2D eigenvalue weighted by molar-refractivity contribution is 0.370. The van der Waals surface area contributed by atoms with Crippen molar-refractivity contribution in [3.63, 3.8) is 0 Å². The second-order valence-corrected chi connectivity index (χ2v) is 8.29. The van der Waals surface area contributed by atoms with E-state index < -0.39 is 10.0 Å². The summed E-state index contributed by atoms with van der Waals surface area (Å²) < 4.78 is 26.8. The molecular formula is C16H27IN4O2S. The number of guanidine groups is 1. The quantitative estimate of drug-likeness (QED) is 0.301. The van der Waals surface area contributed by atoms with Crippen LogP contribution in [-0.4, -0.2) is 52.5 Å². The number of likely N-dealkylation sites (tertiary alicyclic amines) is 1. The van der Waals surface area contributed by atoms with E-state index in [0.29, 0.717) is 18.5 Å². The predicted octanol–water partition coefficient (Wildman–Crippen LogP) is 1.89. The Bertz CT molecular complexity index is 647. The van der Waals surface area contributed by atoms with E-state index in [1.165, 1.54) is 0 Å².